The molecule has 7 aromatic rings. The molecular formula is C34H23N2O+. The Morgan fingerprint density at radius 3 is 2.22 bits per heavy atom. The van der Waals surface area contributed by atoms with Crippen molar-refractivity contribution < 1.29 is 8.98 Å². The van der Waals surface area contributed by atoms with Crippen molar-refractivity contribution in [3.05, 3.63) is 114 Å². The van der Waals surface area contributed by atoms with E-state index in [2.05, 4.69) is 110 Å². The molecule has 0 saturated heterocycles. The third-order valence-corrected chi connectivity index (χ3v) is 7.51. The Morgan fingerprint density at radius 2 is 1.38 bits per heavy atom. The van der Waals surface area contributed by atoms with Crippen molar-refractivity contribution in [2.24, 2.45) is 7.05 Å². The van der Waals surface area contributed by atoms with Gasteiger partial charge in [0.25, 0.3) is 0 Å². The van der Waals surface area contributed by atoms with E-state index in [0.717, 1.165) is 55.3 Å². The summed E-state index contributed by atoms with van der Waals surface area (Å²) in [6, 6.07) is 35.9. The number of pyridine rings is 1. The van der Waals surface area contributed by atoms with Gasteiger partial charge in [-0.05, 0) is 57.8 Å². The van der Waals surface area contributed by atoms with E-state index >= 15 is 0 Å². The minimum absolute atomic E-state index is 0.607. The monoisotopic (exact) mass is 475 g/mol. The standard InChI is InChI=1S/C34H23N2O/c1-21-13-16-28-29-18-15-23(20-35)32(34(29)37-33(28)31(21)30-12-5-6-19-36(30)2)27-11-7-10-25-24-9-4-3-8-22(24)14-17-26(25)27/h3-19H,1-2H3/q+1. The second kappa shape index (κ2) is 8.05. The summed E-state index contributed by atoms with van der Waals surface area (Å²) in [6.45, 7) is 2.12. The van der Waals surface area contributed by atoms with Crippen LogP contribution in [-0.2, 0) is 7.05 Å². The van der Waals surface area contributed by atoms with Gasteiger partial charge in [0, 0.05) is 28.5 Å². The van der Waals surface area contributed by atoms with Gasteiger partial charge in [-0.3, -0.25) is 0 Å². The number of nitrogens with zero attached hydrogens (tertiary/aromatic N) is 2. The van der Waals surface area contributed by atoms with Crippen molar-refractivity contribution in [3.8, 4) is 28.5 Å². The van der Waals surface area contributed by atoms with Gasteiger partial charge in [-0.25, -0.2) is 4.57 Å². The largest absolute Gasteiger partial charge is 0.454 e. The van der Waals surface area contributed by atoms with Crippen LogP contribution in [0.1, 0.15) is 11.1 Å². The maximum Gasteiger partial charge on any atom is 0.216 e. The molecule has 2 heterocycles. The molecule has 0 spiro atoms. The molecule has 37 heavy (non-hydrogen) atoms. The average Bonchev–Trinajstić information content (AvgIpc) is 3.31. The molecule has 7 rings (SSSR count). The summed E-state index contributed by atoms with van der Waals surface area (Å²) in [7, 11) is 2.05. The highest BCUT2D eigenvalue weighted by Gasteiger charge is 2.23. The van der Waals surface area contributed by atoms with Gasteiger partial charge in [-0.15, -0.1) is 0 Å². The summed E-state index contributed by atoms with van der Waals surface area (Å²) in [5.74, 6) is 0. The molecule has 0 fully saturated rings. The number of benzene rings is 5. The van der Waals surface area contributed by atoms with Crippen LogP contribution in [0.3, 0.4) is 0 Å². The van der Waals surface area contributed by atoms with Crippen molar-refractivity contribution in [2.75, 3.05) is 0 Å². The lowest BCUT2D eigenvalue weighted by molar-refractivity contribution is -0.660. The van der Waals surface area contributed by atoms with Gasteiger partial charge in [0.1, 0.15) is 18.2 Å². The molecule has 174 valence electrons. The first-order valence-corrected chi connectivity index (χ1v) is 12.4. The Hall–Kier alpha value is -4.94. The molecule has 0 aliphatic rings. The van der Waals surface area contributed by atoms with Crippen molar-refractivity contribution in [2.45, 2.75) is 6.92 Å². The minimum Gasteiger partial charge on any atom is -0.454 e. The minimum atomic E-state index is 0.607. The Labute approximate surface area is 214 Å². The molecule has 2 aromatic heterocycles. The predicted octanol–water partition coefficient (Wildman–Crippen LogP) is 8.23. The number of hydrogen-bond acceptors (Lipinski definition) is 2. The zero-order valence-corrected chi connectivity index (χ0v) is 20.6. The SMILES string of the molecule is Cc1ccc2c(oc3c(-c4cccc5c4ccc4ccccc45)c(C#N)ccc32)c1-c1cccc[n+]1C. The van der Waals surface area contributed by atoms with Crippen LogP contribution >= 0.6 is 0 Å². The van der Waals surface area contributed by atoms with Gasteiger partial charge >= 0.3 is 0 Å². The zero-order valence-electron chi connectivity index (χ0n) is 20.6. The fraction of sp³-hybridized carbons (Fsp3) is 0.0588. The number of furan rings is 1. The number of nitriles is 1. The highest BCUT2D eigenvalue weighted by Crippen LogP contribution is 2.44. The lowest BCUT2D eigenvalue weighted by Crippen LogP contribution is -2.30. The van der Waals surface area contributed by atoms with E-state index in [1.165, 1.54) is 16.2 Å². The van der Waals surface area contributed by atoms with E-state index in [0.29, 0.717) is 5.56 Å². The molecule has 0 saturated carbocycles. The zero-order chi connectivity index (χ0) is 25.1. The van der Waals surface area contributed by atoms with Crippen molar-refractivity contribution in [1.82, 2.24) is 0 Å². The number of fused-ring (bicyclic) bond motifs is 6. The summed E-state index contributed by atoms with van der Waals surface area (Å²) >= 11 is 0. The fourth-order valence-electron chi connectivity index (χ4n) is 5.72. The topological polar surface area (TPSA) is 40.8 Å². The van der Waals surface area contributed by atoms with Gasteiger partial charge in [-0.1, -0.05) is 66.7 Å². The van der Waals surface area contributed by atoms with Gasteiger partial charge in [0.2, 0.25) is 5.69 Å². The predicted molar refractivity (Wildman–Crippen MR) is 150 cm³/mol. The van der Waals surface area contributed by atoms with E-state index in [-0.39, 0.29) is 0 Å². The quantitative estimate of drug-likeness (QED) is 0.187. The van der Waals surface area contributed by atoms with Crippen LogP contribution in [0.25, 0.3) is 65.9 Å². The molecule has 0 radical (unpaired) electrons. The molecule has 5 aromatic carbocycles. The molecule has 0 aliphatic carbocycles. The summed E-state index contributed by atoms with van der Waals surface area (Å²) in [5.41, 5.74) is 7.36. The molecule has 3 nitrogen and oxygen atoms in total. The van der Waals surface area contributed by atoms with E-state index in [1.807, 2.05) is 18.2 Å². The third-order valence-electron chi connectivity index (χ3n) is 7.51. The van der Waals surface area contributed by atoms with Crippen LogP contribution in [0.4, 0.5) is 0 Å². The second-order valence-electron chi connectivity index (χ2n) is 9.60. The third kappa shape index (κ3) is 3.09. The van der Waals surface area contributed by atoms with Crippen molar-refractivity contribution >= 4 is 43.5 Å². The first kappa shape index (κ1) is 21.4. The maximum absolute atomic E-state index is 10.2. The van der Waals surface area contributed by atoms with E-state index in [4.69, 9.17) is 4.42 Å². The first-order valence-electron chi connectivity index (χ1n) is 12.4. The highest BCUT2D eigenvalue weighted by atomic mass is 16.3. The highest BCUT2D eigenvalue weighted by molar-refractivity contribution is 6.18. The summed E-state index contributed by atoms with van der Waals surface area (Å²) < 4.78 is 8.89. The molecule has 0 N–H and O–H groups in total. The lowest BCUT2D eigenvalue weighted by atomic mass is 9.91. The van der Waals surface area contributed by atoms with Crippen LogP contribution in [0.5, 0.6) is 0 Å². The van der Waals surface area contributed by atoms with Crippen molar-refractivity contribution in [3.63, 3.8) is 0 Å². The van der Waals surface area contributed by atoms with Crippen LogP contribution in [0.2, 0.25) is 0 Å². The van der Waals surface area contributed by atoms with Gasteiger partial charge < -0.3 is 4.42 Å². The lowest BCUT2D eigenvalue weighted by Gasteiger charge is -2.11. The van der Waals surface area contributed by atoms with Crippen LogP contribution in [0, 0.1) is 18.3 Å². The molecule has 0 amide bonds. The van der Waals surface area contributed by atoms with E-state index < -0.39 is 0 Å². The summed E-state index contributed by atoms with van der Waals surface area (Å²) in [5, 5.41) is 16.9. The molecule has 0 unspecified atom stereocenters. The summed E-state index contributed by atoms with van der Waals surface area (Å²) in [6.07, 6.45) is 2.05. The molecule has 0 aliphatic heterocycles. The summed E-state index contributed by atoms with van der Waals surface area (Å²) in [4.78, 5) is 0. The number of hydrogen-bond donors (Lipinski definition) is 0. The molecule has 0 bridgehead atoms. The number of aryl methyl sites for hydroxylation is 2. The Balaban J connectivity index is 1.62. The number of rotatable bonds is 2. The van der Waals surface area contributed by atoms with E-state index in [1.54, 1.807) is 0 Å². The number of aromatic nitrogens is 1. The van der Waals surface area contributed by atoms with Gasteiger partial charge in [0.15, 0.2) is 6.20 Å². The average molecular weight is 476 g/mol. The fourth-order valence-corrected chi connectivity index (χ4v) is 5.72. The second-order valence-corrected chi connectivity index (χ2v) is 9.60. The van der Waals surface area contributed by atoms with E-state index in [9.17, 15) is 5.26 Å². The van der Waals surface area contributed by atoms with Crippen LogP contribution in [0.15, 0.2) is 108 Å². The Morgan fingerprint density at radius 1 is 0.649 bits per heavy atom. The maximum atomic E-state index is 10.2. The normalized spacial score (nSPS) is 11.5. The van der Waals surface area contributed by atoms with Crippen molar-refractivity contribution in [1.29, 1.82) is 5.26 Å². The van der Waals surface area contributed by atoms with Crippen LogP contribution < -0.4 is 4.57 Å². The molecule has 3 heteroatoms. The van der Waals surface area contributed by atoms with Gasteiger partial charge in [-0.2, -0.15) is 5.26 Å². The molecule has 0 atom stereocenters. The van der Waals surface area contributed by atoms with Gasteiger partial charge in [0.05, 0.1) is 17.2 Å². The first-order chi connectivity index (χ1) is 18.2. The Kier molecular flexibility index (Phi) is 4.64. The molecular weight excluding hydrogens is 452 g/mol. The van der Waals surface area contributed by atoms with Crippen LogP contribution in [-0.4, -0.2) is 0 Å². The Bertz CT molecular complexity index is 2070. The smallest absolute Gasteiger partial charge is 0.216 e.